The number of fused-ring (bicyclic) bond motifs is 2. The summed E-state index contributed by atoms with van der Waals surface area (Å²) in [6.07, 6.45) is 5.63. The van der Waals surface area contributed by atoms with Crippen molar-refractivity contribution in [1.82, 2.24) is 4.90 Å². The molecule has 3 unspecified atom stereocenters. The normalized spacial score (nSPS) is 28.9. The number of carboxylic acid groups (broad SMARTS) is 1. The van der Waals surface area contributed by atoms with E-state index in [0.29, 0.717) is 24.8 Å². The molecule has 2 aliphatic carbocycles. The summed E-state index contributed by atoms with van der Waals surface area (Å²) in [6.45, 7) is 4.42. The van der Waals surface area contributed by atoms with E-state index >= 15 is 0 Å². The van der Waals surface area contributed by atoms with Gasteiger partial charge in [0.1, 0.15) is 6.54 Å². The number of aliphatic carboxylic acids is 1. The SMILES string of the molecule is CC(C)CN(CC(=O)O)C(=O)CC1CC2CCC1C2. The minimum Gasteiger partial charge on any atom is -0.480 e. The van der Waals surface area contributed by atoms with Crippen molar-refractivity contribution in [2.75, 3.05) is 13.1 Å². The Kier molecular flexibility index (Phi) is 4.48. The van der Waals surface area contributed by atoms with Crippen molar-refractivity contribution >= 4 is 11.9 Å². The van der Waals surface area contributed by atoms with E-state index in [0.717, 1.165) is 11.8 Å². The molecule has 108 valence electrons. The van der Waals surface area contributed by atoms with E-state index in [4.69, 9.17) is 5.11 Å². The number of nitrogens with zero attached hydrogens (tertiary/aromatic N) is 1. The van der Waals surface area contributed by atoms with E-state index in [1.54, 1.807) is 0 Å². The molecule has 2 bridgehead atoms. The molecule has 2 saturated carbocycles. The number of carbonyl (C=O) groups excluding carboxylic acids is 1. The maximum Gasteiger partial charge on any atom is 0.323 e. The van der Waals surface area contributed by atoms with Gasteiger partial charge in [0.2, 0.25) is 5.91 Å². The highest BCUT2D eigenvalue weighted by atomic mass is 16.4. The van der Waals surface area contributed by atoms with Crippen LogP contribution in [0.25, 0.3) is 0 Å². The highest BCUT2D eigenvalue weighted by molar-refractivity contribution is 5.81. The molecule has 2 rings (SSSR count). The predicted molar refractivity (Wildman–Crippen MR) is 72.6 cm³/mol. The van der Waals surface area contributed by atoms with Gasteiger partial charge < -0.3 is 10.0 Å². The number of carbonyl (C=O) groups is 2. The minimum absolute atomic E-state index is 0.0358. The first kappa shape index (κ1) is 14.4. The van der Waals surface area contributed by atoms with Crippen LogP contribution in [0.1, 0.15) is 46.0 Å². The van der Waals surface area contributed by atoms with Crippen molar-refractivity contribution in [3.63, 3.8) is 0 Å². The van der Waals surface area contributed by atoms with E-state index < -0.39 is 5.97 Å². The quantitative estimate of drug-likeness (QED) is 0.804. The van der Waals surface area contributed by atoms with E-state index in [9.17, 15) is 9.59 Å². The molecule has 19 heavy (non-hydrogen) atoms. The highest BCUT2D eigenvalue weighted by Crippen LogP contribution is 2.49. The lowest BCUT2D eigenvalue weighted by Crippen LogP contribution is -2.39. The average molecular weight is 267 g/mol. The van der Waals surface area contributed by atoms with E-state index in [1.165, 1.54) is 30.6 Å². The van der Waals surface area contributed by atoms with Crippen LogP contribution in [0.5, 0.6) is 0 Å². The van der Waals surface area contributed by atoms with Crippen molar-refractivity contribution < 1.29 is 14.7 Å². The summed E-state index contributed by atoms with van der Waals surface area (Å²) in [5.74, 6) is 1.49. The van der Waals surface area contributed by atoms with Gasteiger partial charge in [-0.3, -0.25) is 9.59 Å². The number of hydrogen-bond acceptors (Lipinski definition) is 2. The highest BCUT2D eigenvalue weighted by Gasteiger charge is 2.40. The van der Waals surface area contributed by atoms with Crippen molar-refractivity contribution in [3.05, 3.63) is 0 Å². The Morgan fingerprint density at radius 1 is 1.26 bits per heavy atom. The zero-order chi connectivity index (χ0) is 14.0. The Hall–Kier alpha value is -1.06. The van der Waals surface area contributed by atoms with Gasteiger partial charge in [-0.25, -0.2) is 0 Å². The van der Waals surface area contributed by atoms with Crippen LogP contribution in [0, 0.1) is 23.7 Å². The van der Waals surface area contributed by atoms with Crippen LogP contribution in [-0.4, -0.2) is 35.0 Å². The van der Waals surface area contributed by atoms with Gasteiger partial charge in [-0.05, 0) is 42.9 Å². The maximum atomic E-state index is 12.3. The second kappa shape index (κ2) is 5.93. The average Bonchev–Trinajstić information content (AvgIpc) is 2.88. The van der Waals surface area contributed by atoms with Gasteiger partial charge in [-0.15, -0.1) is 0 Å². The topological polar surface area (TPSA) is 57.6 Å². The Labute approximate surface area is 115 Å². The smallest absolute Gasteiger partial charge is 0.323 e. The van der Waals surface area contributed by atoms with E-state index in [-0.39, 0.29) is 12.5 Å². The van der Waals surface area contributed by atoms with Gasteiger partial charge >= 0.3 is 5.97 Å². The zero-order valence-corrected chi connectivity index (χ0v) is 12.0. The molecule has 0 spiro atoms. The number of carboxylic acids is 1. The fourth-order valence-corrected chi connectivity index (χ4v) is 3.84. The van der Waals surface area contributed by atoms with Gasteiger partial charge in [-0.2, -0.15) is 0 Å². The summed E-state index contributed by atoms with van der Waals surface area (Å²) < 4.78 is 0. The van der Waals surface area contributed by atoms with Crippen molar-refractivity contribution in [2.24, 2.45) is 23.7 Å². The summed E-state index contributed by atoms with van der Waals surface area (Å²) in [5, 5.41) is 8.92. The molecular formula is C15H25NO3. The number of hydrogen-bond donors (Lipinski definition) is 1. The second-order valence-electron chi connectivity index (χ2n) is 6.70. The monoisotopic (exact) mass is 267 g/mol. The molecule has 0 aromatic carbocycles. The Bertz CT molecular complexity index is 353. The lowest BCUT2D eigenvalue weighted by atomic mass is 9.86. The van der Waals surface area contributed by atoms with Crippen molar-refractivity contribution in [3.8, 4) is 0 Å². The molecule has 0 aromatic heterocycles. The molecule has 2 fully saturated rings. The molecule has 1 amide bonds. The molecule has 0 radical (unpaired) electrons. The Morgan fingerprint density at radius 2 is 2.00 bits per heavy atom. The molecular weight excluding hydrogens is 242 g/mol. The van der Waals surface area contributed by atoms with Crippen molar-refractivity contribution in [1.29, 1.82) is 0 Å². The van der Waals surface area contributed by atoms with Gasteiger partial charge in [0.05, 0.1) is 0 Å². The summed E-state index contributed by atoms with van der Waals surface area (Å²) in [6, 6.07) is 0. The minimum atomic E-state index is -0.915. The molecule has 4 nitrogen and oxygen atoms in total. The van der Waals surface area contributed by atoms with Crippen LogP contribution >= 0.6 is 0 Å². The summed E-state index contributed by atoms with van der Waals surface area (Å²) in [7, 11) is 0. The van der Waals surface area contributed by atoms with E-state index in [2.05, 4.69) is 0 Å². The standard InChI is InChI=1S/C15H25NO3/c1-10(2)8-16(9-15(18)19)14(17)7-13-6-11-3-4-12(13)5-11/h10-13H,3-9H2,1-2H3,(H,18,19). The van der Waals surface area contributed by atoms with Crippen LogP contribution in [0.4, 0.5) is 0 Å². The van der Waals surface area contributed by atoms with Crippen molar-refractivity contribution in [2.45, 2.75) is 46.0 Å². The summed E-state index contributed by atoms with van der Waals surface area (Å²) in [5.41, 5.74) is 0. The van der Waals surface area contributed by atoms with Crippen LogP contribution in [0.15, 0.2) is 0 Å². The molecule has 1 N–H and O–H groups in total. The summed E-state index contributed by atoms with van der Waals surface area (Å²) >= 11 is 0. The largest absolute Gasteiger partial charge is 0.480 e. The van der Waals surface area contributed by atoms with E-state index in [1.807, 2.05) is 13.8 Å². The molecule has 0 heterocycles. The van der Waals surface area contributed by atoms with Crippen LogP contribution in [0.3, 0.4) is 0 Å². The number of rotatable bonds is 6. The third kappa shape index (κ3) is 3.71. The molecule has 2 aliphatic rings. The predicted octanol–water partition coefficient (Wildman–Crippen LogP) is 2.38. The molecule has 3 atom stereocenters. The maximum absolute atomic E-state index is 12.3. The van der Waals surface area contributed by atoms with Gasteiger partial charge in [0.25, 0.3) is 0 Å². The molecule has 0 saturated heterocycles. The summed E-state index contributed by atoms with van der Waals surface area (Å²) in [4.78, 5) is 24.7. The Balaban J connectivity index is 1.89. The second-order valence-corrected chi connectivity index (χ2v) is 6.70. The van der Waals surface area contributed by atoms with Crippen LogP contribution in [-0.2, 0) is 9.59 Å². The third-order valence-electron chi connectivity index (χ3n) is 4.59. The first-order valence-electron chi connectivity index (χ1n) is 7.45. The zero-order valence-electron chi connectivity index (χ0n) is 12.0. The first-order chi connectivity index (χ1) is 8.95. The lowest BCUT2D eigenvalue weighted by Gasteiger charge is -2.27. The van der Waals surface area contributed by atoms with Gasteiger partial charge in [-0.1, -0.05) is 20.3 Å². The Morgan fingerprint density at radius 3 is 2.47 bits per heavy atom. The van der Waals surface area contributed by atoms with Gasteiger partial charge in [0.15, 0.2) is 0 Å². The first-order valence-corrected chi connectivity index (χ1v) is 7.45. The third-order valence-corrected chi connectivity index (χ3v) is 4.59. The molecule has 4 heteroatoms. The van der Waals surface area contributed by atoms with Crippen LogP contribution in [0.2, 0.25) is 0 Å². The lowest BCUT2D eigenvalue weighted by molar-refractivity contribution is -0.145. The fraction of sp³-hybridized carbons (Fsp3) is 0.867. The molecule has 0 aliphatic heterocycles. The molecule has 0 aromatic rings. The van der Waals surface area contributed by atoms with Crippen LogP contribution < -0.4 is 0 Å². The fourth-order valence-electron chi connectivity index (χ4n) is 3.84. The number of amides is 1. The van der Waals surface area contributed by atoms with Gasteiger partial charge in [0, 0.05) is 13.0 Å².